The third-order valence-corrected chi connectivity index (χ3v) is 4.77. The van der Waals surface area contributed by atoms with E-state index in [0.29, 0.717) is 5.96 Å². The van der Waals surface area contributed by atoms with Gasteiger partial charge < -0.3 is 20.3 Å². The molecule has 0 saturated carbocycles. The second-order valence-corrected chi connectivity index (χ2v) is 6.82. The van der Waals surface area contributed by atoms with Crippen LogP contribution in [-0.4, -0.2) is 48.5 Å². The zero-order valence-corrected chi connectivity index (χ0v) is 16.4. The molecule has 2 heterocycles. The molecule has 3 rings (SSSR count). The van der Waals surface area contributed by atoms with Crippen LogP contribution in [0.1, 0.15) is 18.4 Å². The molecule has 0 aliphatic carbocycles. The normalized spacial score (nSPS) is 17.5. The molecule has 1 saturated heterocycles. The molecule has 1 unspecified atom stereocenters. The summed E-state index contributed by atoms with van der Waals surface area (Å²) >= 11 is 0. The number of alkyl halides is 2. The predicted octanol–water partition coefficient (Wildman–Crippen LogP) is 2.49. The molecule has 7 nitrogen and oxygen atoms in total. The zero-order valence-electron chi connectivity index (χ0n) is 16.4. The van der Waals surface area contributed by atoms with Crippen molar-refractivity contribution in [3.8, 4) is 5.75 Å². The van der Waals surface area contributed by atoms with Crippen LogP contribution in [0.3, 0.4) is 0 Å². The number of hydrogen-bond donors (Lipinski definition) is 2. The highest BCUT2D eigenvalue weighted by molar-refractivity contribution is 5.80. The van der Waals surface area contributed by atoms with Gasteiger partial charge in [0, 0.05) is 51.5 Å². The van der Waals surface area contributed by atoms with Crippen molar-refractivity contribution in [1.29, 1.82) is 0 Å². The molecule has 0 bridgehead atoms. The molecule has 10 heteroatoms. The summed E-state index contributed by atoms with van der Waals surface area (Å²) < 4.78 is 45.4. The van der Waals surface area contributed by atoms with E-state index in [4.69, 9.17) is 0 Å². The maximum absolute atomic E-state index is 14.1. The summed E-state index contributed by atoms with van der Waals surface area (Å²) in [6, 6.07) is 3.99. The summed E-state index contributed by atoms with van der Waals surface area (Å²) in [5.41, 5.74) is 1.08. The monoisotopic (exact) mass is 410 g/mol. The number of halogens is 3. The van der Waals surface area contributed by atoms with Gasteiger partial charge in [0.2, 0.25) is 0 Å². The molecular formula is C19H25F3N6O. The van der Waals surface area contributed by atoms with Gasteiger partial charge in [-0.3, -0.25) is 9.67 Å². The van der Waals surface area contributed by atoms with Crippen molar-refractivity contribution in [1.82, 2.24) is 20.4 Å². The molecule has 1 aliphatic heterocycles. The number of guanidine groups is 1. The topological polar surface area (TPSA) is 66.7 Å². The Bertz CT molecular complexity index is 841. The number of aromatic nitrogens is 2. The fourth-order valence-electron chi connectivity index (χ4n) is 3.38. The lowest BCUT2D eigenvalue weighted by molar-refractivity contribution is -0.0506. The standard InChI is InChI=1S/C19H25F3N6O/c1-23-19(24-10-15-16(20)6-3-7-17(15)29-18(21)22)26-13-5-4-8-28(11-13)14-9-25-27(2)12-14/h3,6-7,9,12-13,18H,4-5,8,10-11H2,1-2H3,(H2,23,24,26). The number of benzene rings is 1. The molecule has 1 atom stereocenters. The van der Waals surface area contributed by atoms with Gasteiger partial charge in [-0.25, -0.2) is 4.39 Å². The number of rotatable bonds is 6. The summed E-state index contributed by atoms with van der Waals surface area (Å²) in [6.45, 7) is -1.34. The van der Waals surface area contributed by atoms with Crippen LogP contribution < -0.4 is 20.3 Å². The fraction of sp³-hybridized carbons (Fsp3) is 0.474. The molecule has 0 amide bonds. The van der Waals surface area contributed by atoms with Crippen LogP contribution in [0, 0.1) is 5.82 Å². The molecule has 2 N–H and O–H groups in total. The fourth-order valence-corrected chi connectivity index (χ4v) is 3.38. The SMILES string of the molecule is CN=C(NCc1c(F)cccc1OC(F)F)NC1CCCN(c2cnn(C)c2)C1. The van der Waals surface area contributed by atoms with Crippen molar-refractivity contribution < 1.29 is 17.9 Å². The van der Waals surface area contributed by atoms with Gasteiger partial charge in [-0.2, -0.15) is 13.9 Å². The van der Waals surface area contributed by atoms with Gasteiger partial charge in [0.05, 0.1) is 11.9 Å². The van der Waals surface area contributed by atoms with Gasteiger partial charge in [0.25, 0.3) is 0 Å². The second-order valence-electron chi connectivity index (χ2n) is 6.82. The number of aliphatic imine (C=N–C) groups is 1. The highest BCUT2D eigenvalue weighted by Crippen LogP contribution is 2.23. The van der Waals surface area contributed by atoms with E-state index in [-0.39, 0.29) is 23.9 Å². The van der Waals surface area contributed by atoms with Crippen LogP contribution in [0.25, 0.3) is 0 Å². The van der Waals surface area contributed by atoms with Gasteiger partial charge in [0.15, 0.2) is 5.96 Å². The van der Waals surface area contributed by atoms with Gasteiger partial charge in [-0.15, -0.1) is 0 Å². The van der Waals surface area contributed by atoms with Crippen molar-refractivity contribution >= 4 is 11.6 Å². The van der Waals surface area contributed by atoms with Crippen LogP contribution >= 0.6 is 0 Å². The minimum Gasteiger partial charge on any atom is -0.434 e. The first kappa shape index (κ1) is 20.8. The largest absolute Gasteiger partial charge is 0.434 e. The number of nitrogens with one attached hydrogen (secondary N) is 2. The first-order chi connectivity index (χ1) is 14.0. The van der Waals surface area contributed by atoms with Crippen LogP contribution in [0.2, 0.25) is 0 Å². The molecule has 0 spiro atoms. The van der Waals surface area contributed by atoms with Crippen LogP contribution in [0.15, 0.2) is 35.6 Å². The first-order valence-electron chi connectivity index (χ1n) is 9.39. The Morgan fingerprint density at radius 2 is 2.24 bits per heavy atom. The zero-order chi connectivity index (χ0) is 20.8. The lowest BCUT2D eigenvalue weighted by Gasteiger charge is -2.34. The molecule has 1 aliphatic rings. The van der Waals surface area contributed by atoms with E-state index in [0.717, 1.165) is 31.6 Å². The van der Waals surface area contributed by atoms with E-state index in [2.05, 4.69) is 30.4 Å². The number of nitrogens with zero attached hydrogens (tertiary/aromatic N) is 4. The molecule has 1 fully saturated rings. The molecule has 158 valence electrons. The van der Waals surface area contributed by atoms with Crippen LogP contribution in [0.4, 0.5) is 18.9 Å². The molecule has 1 aromatic heterocycles. The third-order valence-electron chi connectivity index (χ3n) is 4.77. The molecule has 2 aromatic rings. The number of hydrogen-bond acceptors (Lipinski definition) is 4. The van der Waals surface area contributed by atoms with E-state index in [9.17, 15) is 13.2 Å². The Morgan fingerprint density at radius 3 is 2.93 bits per heavy atom. The number of aryl methyl sites for hydroxylation is 1. The molecular weight excluding hydrogens is 385 g/mol. The Kier molecular flexibility index (Phi) is 6.84. The lowest BCUT2D eigenvalue weighted by atomic mass is 10.1. The first-order valence-corrected chi connectivity index (χ1v) is 9.39. The summed E-state index contributed by atoms with van der Waals surface area (Å²) in [7, 11) is 3.48. The summed E-state index contributed by atoms with van der Waals surface area (Å²) in [6.07, 6.45) is 5.76. The maximum atomic E-state index is 14.1. The quantitative estimate of drug-likeness (QED) is 0.566. The van der Waals surface area contributed by atoms with E-state index in [1.54, 1.807) is 11.7 Å². The highest BCUT2D eigenvalue weighted by Gasteiger charge is 2.22. The van der Waals surface area contributed by atoms with Gasteiger partial charge in [-0.05, 0) is 25.0 Å². The number of anilines is 1. The minimum absolute atomic E-state index is 0.0244. The van der Waals surface area contributed by atoms with Crippen molar-refractivity contribution in [3.05, 3.63) is 42.0 Å². The average molecular weight is 410 g/mol. The van der Waals surface area contributed by atoms with Crippen molar-refractivity contribution in [2.75, 3.05) is 25.0 Å². The lowest BCUT2D eigenvalue weighted by Crippen LogP contribution is -2.51. The molecule has 1 aromatic carbocycles. The maximum Gasteiger partial charge on any atom is 0.387 e. The predicted molar refractivity (Wildman–Crippen MR) is 105 cm³/mol. The van der Waals surface area contributed by atoms with Crippen molar-refractivity contribution in [2.45, 2.75) is 32.0 Å². The Labute approximate surface area is 167 Å². The summed E-state index contributed by atoms with van der Waals surface area (Å²) in [4.78, 5) is 6.41. The van der Waals surface area contributed by atoms with Crippen molar-refractivity contribution in [2.24, 2.45) is 12.0 Å². The summed E-state index contributed by atoms with van der Waals surface area (Å²) in [5.74, 6) is -0.343. The molecule has 29 heavy (non-hydrogen) atoms. The highest BCUT2D eigenvalue weighted by atomic mass is 19.3. The van der Waals surface area contributed by atoms with E-state index in [1.807, 2.05) is 19.4 Å². The second kappa shape index (κ2) is 9.53. The van der Waals surface area contributed by atoms with Crippen molar-refractivity contribution in [3.63, 3.8) is 0 Å². The minimum atomic E-state index is -3.02. The number of ether oxygens (including phenoxy) is 1. The van der Waals surface area contributed by atoms with Crippen LogP contribution in [0.5, 0.6) is 5.75 Å². The van der Waals surface area contributed by atoms with Gasteiger partial charge in [-0.1, -0.05) is 6.07 Å². The smallest absolute Gasteiger partial charge is 0.387 e. The average Bonchev–Trinajstić information content (AvgIpc) is 3.13. The van der Waals surface area contributed by atoms with E-state index in [1.165, 1.54) is 18.2 Å². The number of piperidine rings is 1. The van der Waals surface area contributed by atoms with Crippen LogP contribution in [-0.2, 0) is 13.6 Å². The van der Waals surface area contributed by atoms with E-state index < -0.39 is 12.4 Å². The molecule has 0 radical (unpaired) electrons. The summed E-state index contributed by atoms with van der Waals surface area (Å²) in [5, 5.41) is 10.5. The van der Waals surface area contributed by atoms with Gasteiger partial charge in [0.1, 0.15) is 11.6 Å². The third kappa shape index (κ3) is 5.55. The Hall–Kier alpha value is -2.91. The van der Waals surface area contributed by atoms with Gasteiger partial charge >= 0.3 is 6.61 Å². The Balaban J connectivity index is 1.60. The Morgan fingerprint density at radius 1 is 1.41 bits per heavy atom. The van der Waals surface area contributed by atoms with E-state index >= 15 is 0 Å².